The Morgan fingerprint density at radius 3 is 2.57 bits per heavy atom. The smallest absolute Gasteiger partial charge is 0.302 e. The summed E-state index contributed by atoms with van der Waals surface area (Å²) in [5.41, 5.74) is 4.29. The van der Waals surface area contributed by atoms with Gasteiger partial charge in [0.05, 0.1) is 5.69 Å². The second-order valence-electron chi connectivity index (χ2n) is 7.28. The molecule has 1 fully saturated rings. The molecular weight excluding hydrogens is 354 g/mol. The number of allylic oxidation sites excluding steroid dienone is 2. The molecule has 0 bridgehead atoms. The molecule has 1 saturated heterocycles. The highest BCUT2D eigenvalue weighted by molar-refractivity contribution is 6.10. The maximum absolute atomic E-state index is 13.2. The van der Waals surface area contributed by atoms with Gasteiger partial charge in [-0.1, -0.05) is 31.2 Å². The molecule has 0 spiro atoms. The van der Waals surface area contributed by atoms with Crippen LogP contribution in [0.25, 0.3) is 0 Å². The number of para-hydroxylation sites is 1. The number of hydrogen-bond acceptors (Lipinski definition) is 5. The predicted octanol–water partition coefficient (Wildman–Crippen LogP) is 2.77. The lowest BCUT2D eigenvalue weighted by atomic mass is 10.1. The molecule has 0 radical (unpaired) electrons. The van der Waals surface area contributed by atoms with Gasteiger partial charge in [-0.3, -0.25) is 19.5 Å². The number of aliphatic imine (C=N–C) groups is 1. The van der Waals surface area contributed by atoms with Crippen molar-refractivity contribution in [2.45, 2.75) is 39.4 Å². The number of carbonyl (C=O) groups excluding carboxylic acids is 2. The summed E-state index contributed by atoms with van der Waals surface area (Å²) >= 11 is 0. The van der Waals surface area contributed by atoms with Crippen LogP contribution < -0.4 is 4.90 Å². The molecule has 0 aliphatic carbocycles. The van der Waals surface area contributed by atoms with Crippen LogP contribution in [0.3, 0.4) is 0 Å². The topological polar surface area (TPSA) is 59.5 Å². The molecule has 1 aromatic carbocycles. The molecule has 7 heteroatoms. The first-order chi connectivity index (χ1) is 13.4. The van der Waals surface area contributed by atoms with Gasteiger partial charge in [0.15, 0.2) is 12.2 Å². The summed E-state index contributed by atoms with van der Waals surface area (Å²) in [5, 5.41) is 0. The number of aryl methyl sites for hydroxylation is 1. The molecule has 2 unspecified atom stereocenters. The third-order valence-corrected chi connectivity index (χ3v) is 5.82. The summed E-state index contributed by atoms with van der Waals surface area (Å²) in [6.45, 7) is 10.0. The van der Waals surface area contributed by atoms with Crippen molar-refractivity contribution in [2.24, 2.45) is 4.99 Å². The van der Waals surface area contributed by atoms with Crippen molar-refractivity contribution in [2.75, 3.05) is 18.5 Å². The van der Waals surface area contributed by atoms with Crippen molar-refractivity contribution in [3.05, 3.63) is 53.9 Å². The number of benzene rings is 1. The van der Waals surface area contributed by atoms with Crippen molar-refractivity contribution < 1.29 is 9.59 Å². The maximum atomic E-state index is 13.2. The average molecular weight is 379 g/mol. The standard InChI is InChI=1S/C21H25N5O2/c1-6-12-24-19(27)17-18(23(5)21(24)28)22-20-25(13(3)14(4)26(17)20)16-11-9-8-10-15(16)7-2/h6,8-11,17-18H,1,7,12H2,2-5H3. The van der Waals surface area contributed by atoms with Crippen molar-refractivity contribution in [1.29, 1.82) is 0 Å². The molecule has 0 saturated carbocycles. The van der Waals surface area contributed by atoms with Gasteiger partial charge in [0, 0.05) is 25.0 Å². The van der Waals surface area contributed by atoms with Crippen LogP contribution in [-0.4, -0.2) is 58.4 Å². The number of rotatable bonds is 4. The normalized spacial score (nSPS) is 24.1. The van der Waals surface area contributed by atoms with E-state index in [1.807, 2.05) is 30.9 Å². The minimum Gasteiger partial charge on any atom is -0.302 e. The minimum absolute atomic E-state index is 0.193. The van der Waals surface area contributed by atoms with Crippen LogP contribution >= 0.6 is 0 Å². The largest absolute Gasteiger partial charge is 0.328 e. The minimum atomic E-state index is -0.550. The number of fused-ring (bicyclic) bond motifs is 3. The Bertz CT molecular complexity index is 934. The van der Waals surface area contributed by atoms with Crippen LogP contribution in [0.2, 0.25) is 0 Å². The number of hydrogen-bond donors (Lipinski definition) is 0. The molecule has 2 atom stereocenters. The van der Waals surface area contributed by atoms with E-state index in [-0.39, 0.29) is 18.5 Å². The third kappa shape index (κ3) is 2.32. The molecule has 4 rings (SSSR count). The van der Waals surface area contributed by atoms with Crippen LogP contribution in [-0.2, 0) is 11.2 Å². The molecule has 3 amide bonds. The molecule has 0 N–H and O–H groups in total. The van der Waals surface area contributed by atoms with Gasteiger partial charge >= 0.3 is 6.03 Å². The highest BCUT2D eigenvalue weighted by Gasteiger charge is 2.55. The fourth-order valence-electron chi connectivity index (χ4n) is 4.23. The highest BCUT2D eigenvalue weighted by Crippen LogP contribution is 2.40. The third-order valence-electron chi connectivity index (χ3n) is 5.82. The van der Waals surface area contributed by atoms with E-state index >= 15 is 0 Å². The van der Waals surface area contributed by atoms with Crippen LogP contribution in [0.15, 0.2) is 53.3 Å². The Morgan fingerprint density at radius 2 is 1.89 bits per heavy atom. The number of imide groups is 1. The number of likely N-dealkylation sites (N-methyl/N-ethyl adjacent to an activating group) is 1. The number of nitrogens with zero attached hydrogens (tertiary/aromatic N) is 5. The fourth-order valence-corrected chi connectivity index (χ4v) is 4.23. The predicted molar refractivity (Wildman–Crippen MR) is 109 cm³/mol. The van der Waals surface area contributed by atoms with Gasteiger partial charge in [-0.15, -0.1) is 6.58 Å². The van der Waals surface area contributed by atoms with Gasteiger partial charge in [-0.2, -0.15) is 0 Å². The van der Waals surface area contributed by atoms with Crippen molar-refractivity contribution >= 4 is 23.6 Å². The van der Waals surface area contributed by atoms with E-state index in [1.165, 1.54) is 10.5 Å². The molecule has 3 aliphatic heterocycles. The van der Waals surface area contributed by atoms with Gasteiger partial charge < -0.3 is 4.90 Å². The van der Waals surface area contributed by atoms with Gasteiger partial charge in [0.25, 0.3) is 5.91 Å². The van der Waals surface area contributed by atoms with Gasteiger partial charge in [0.2, 0.25) is 5.96 Å². The second kappa shape index (κ2) is 6.51. The quantitative estimate of drug-likeness (QED) is 0.755. The Kier molecular flexibility index (Phi) is 4.25. The Hall–Kier alpha value is -3.09. The van der Waals surface area contributed by atoms with Crippen molar-refractivity contribution in [3.63, 3.8) is 0 Å². The lowest BCUT2D eigenvalue weighted by molar-refractivity contribution is -0.136. The maximum Gasteiger partial charge on any atom is 0.328 e. The molecule has 3 aliphatic rings. The van der Waals surface area contributed by atoms with E-state index in [2.05, 4.69) is 30.5 Å². The first kappa shape index (κ1) is 18.3. The number of guanidine groups is 1. The fraction of sp³-hybridized carbons (Fsp3) is 0.381. The van der Waals surface area contributed by atoms with E-state index < -0.39 is 12.2 Å². The molecule has 1 aromatic rings. The summed E-state index contributed by atoms with van der Waals surface area (Å²) in [6, 6.07) is 7.33. The average Bonchev–Trinajstić information content (AvgIpc) is 3.19. The molecular formula is C21H25N5O2. The van der Waals surface area contributed by atoms with Crippen LogP contribution in [0.1, 0.15) is 26.3 Å². The van der Waals surface area contributed by atoms with Crippen LogP contribution in [0.4, 0.5) is 10.5 Å². The number of urea groups is 1. The Labute approximate surface area is 165 Å². The van der Waals surface area contributed by atoms with Crippen LogP contribution in [0, 0.1) is 0 Å². The van der Waals surface area contributed by atoms with E-state index in [4.69, 9.17) is 4.99 Å². The van der Waals surface area contributed by atoms with E-state index in [0.717, 1.165) is 23.5 Å². The first-order valence-electron chi connectivity index (χ1n) is 9.54. The number of carbonyl (C=O) groups is 2. The van der Waals surface area contributed by atoms with E-state index in [0.29, 0.717) is 5.96 Å². The van der Waals surface area contributed by atoms with Crippen molar-refractivity contribution in [3.8, 4) is 0 Å². The Balaban J connectivity index is 1.81. The van der Waals surface area contributed by atoms with Gasteiger partial charge in [-0.25, -0.2) is 9.79 Å². The van der Waals surface area contributed by atoms with Crippen LogP contribution in [0.5, 0.6) is 0 Å². The zero-order chi connectivity index (χ0) is 20.2. The first-order valence-corrected chi connectivity index (χ1v) is 9.54. The molecule has 3 heterocycles. The highest BCUT2D eigenvalue weighted by atomic mass is 16.2. The van der Waals surface area contributed by atoms with Crippen molar-refractivity contribution in [1.82, 2.24) is 14.7 Å². The summed E-state index contributed by atoms with van der Waals surface area (Å²) in [6.07, 6.45) is 1.93. The summed E-state index contributed by atoms with van der Waals surface area (Å²) in [4.78, 5) is 37.6. The number of amides is 3. The number of anilines is 1. The second-order valence-corrected chi connectivity index (χ2v) is 7.28. The van der Waals surface area contributed by atoms with Gasteiger partial charge in [-0.05, 0) is 31.9 Å². The molecule has 28 heavy (non-hydrogen) atoms. The summed E-state index contributed by atoms with van der Waals surface area (Å²) in [7, 11) is 1.70. The molecule has 7 nitrogen and oxygen atoms in total. The van der Waals surface area contributed by atoms with Gasteiger partial charge in [0.1, 0.15) is 0 Å². The molecule has 0 aromatic heterocycles. The Morgan fingerprint density at radius 1 is 1.18 bits per heavy atom. The lowest BCUT2D eigenvalue weighted by Crippen LogP contribution is -2.64. The monoisotopic (exact) mass is 379 g/mol. The summed E-state index contributed by atoms with van der Waals surface area (Å²) in [5.74, 6) is 0.476. The SMILES string of the molecule is C=CCN1C(=O)C2C(N=C3N(c4ccccc4CC)C(C)=C(C)N32)N(C)C1=O. The zero-order valence-electron chi connectivity index (χ0n) is 16.7. The summed E-state index contributed by atoms with van der Waals surface area (Å²) < 4.78 is 0. The zero-order valence-corrected chi connectivity index (χ0v) is 16.7. The molecule has 146 valence electrons. The van der Waals surface area contributed by atoms with E-state index in [1.54, 1.807) is 18.0 Å². The van der Waals surface area contributed by atoms with E-state index in [9.17, 15) is 9.59 Å². The lowest BCUT2D eigenvalue weighted by Gasteiger charge is -2.40.